The molecule has 3 aromatic rings. The van der Waals surface area contributed by atoms with Gasteiger partial charge in [0.25, 0.3) is 5.91 Å². The lowest BCUT2D eigenvalue weighted by molar-refractivity contribution is -0.00546. The van der Waals surface area contributed by atoms with Crippen molar-refractivity contribution in [2.45, 2.75) is 37.5 Å². The number of carbonyl (C=O) groups excluding carboxylic acids is 1. The molecule has 0 bridgehead atoms. The molecule has 8 nitrogen and oxygen atoms in total. The monoisotopic (exact) mass is 494 g/mol. The van der Waals surface area contributed by atoms with Gasteiger partial charge in [-0.2, -0.15) is 4.31 Å². The Morgan fingerprint density at radius 3 is 2.29 bits per heavy atom. The lowest BCUT2D eigenvalue weighted by Crippen LogP contribution is -2.45. The first kappa shape index (κ1) is 24.8. The highest BCUT2D eigenvalue weighted by Crippen LogP contribution is 2.21. The van der Waals surface area contributed by atoms with E-state index in [1.807, 2.05) is 50.2 Å². The first-order valence-electron chi connectivity index (χ1n) is 11.5. The highest BCUT2D eigenvalue weighted by atomic mass is 32.2. The molecule has 9 heteroatoms. The summed E-state index contributed by atoms with van der Waals surface area (Å²) in [7, 11) is -2.11. The Kier molecular flexibility index (Phi) is 7.49. The highest BCUT2D eigenvalue weighted by Gasteiger charge is 2.24. The van der Waals surface area contributed by atoms with Crippen LogP contribution in [0.5, 0.6) is 0 Å². The molecule has 2 aromatic carbocycles. The number of pyridine rings is 1. The van der Waals surface area contributed by atoms with Crippen LogP contribution >= 0.6 is 0 Å². The van der Waals surface area contributed by atoms with E-state index in [1.54, 1.807) is 31.4 Å². The maximum absolute atomic E-state index is 12.9. The Bertz CT molecular complexity index is 1240. The molecule has 1 aromatic heterocycles. The number of nitrogens with zero attached hydrogens (tertiary/aromatic N) is 3. The van der Waals surface area contributed by atoms with Crippen molar-refractivity contribution in [1.29, 1.82) is 0 Å². The van der Waals surface area contributed by atoms with E-state index in [1.165, 1.54) is 16.4 Å². The zero-order valence-electron chi connectivity index (χ0n) is 20.1. The number of anilines is 2. The van der Waals surface area contributed by atoms with Gasteiger partial charge in [-0.25, -0.2) is 13.4 Å². The molecular weight excluding hydrogens is 464 g/mol. The van der Waals surface area contributed by atoms with Crippen LogP contribution in [0.1, 0.15) is 29.8 Å². The molecule has 2 unspecified atom stereocenters. The van der Waals surface area contributed by atoms with E-state index in [2.05, 4.69) is 15.2 Å². The molecule has 1 fully saturated rings. The predicted molar refractivity (Wildman–Crippen MR) is 136 cm³/mol. The lowest BCUT2D eigenvalue weighted by Gasteiger charge is -2.36. The van der Waals surface area contributed by atoms with E-state index in [4.69, 9.17) is 4.74 Å². The van der Waals surface area contributed by atoms with Crippen LogP contribution in [0, 0.1) is 0 Å². The highest BCUT2D eigenvalue weighted by molar-refractivity contribution is 7.89. The molecule has 0 spiro atoms. The van der Waals surface area contributed by atoms with E-state index >= 15 is 0 Å². The van der Waals surface area contributed by atoms with Crippen LogP contribution in [-0.2, 0) is 21.3 Å². The summed E-state index contributed by atoms with van der Waals surface area (Å²) in [6, 6.07) is 19.1. The second-order valence-electron chi connectivity index (χ2n) is 8.79. The van der Waals surface area contributed by atoms with Gasteiger partial charge in [0.05, 0.1) is 22.7 Å². The maximum Gasteiger partial charge on any atom is 0.257 e. The third-order valence-electron chi connectivity index (χ3n) is 5.82. The van der Waals surface area contributed by atoms with E-state index in [-0.39, 0.29) is 29.6 Å². The number of morpholine rings is 1. The molecular formula is C26H30N4O4S. The van der Waals surface area contributed by atoms with E-state index in [0.29, 0.717) is 11.3 Å². The topological polar surface area (TPSA) is 91.8 Å². The second-order valence-corrected chi connectivity index (χ2v) is 10.8. The average Bonchev–Trinajstić information content (AvgIpc) is 2.84. The Labute approximate surface area is 206 Å². The Hall–Kier alpha value is -3.27. The number of ether oxygens (including phenoxy) is 1. The summed E-state index contributed by atoms with van der Waals surface area (Å²) < 4.78 is 32.9. The first-order chi connectivity index (χ1) is 16.7. The summed E-state index contributed by atoms with van der Waals surface area (Å²) in [4.78, 5) is 19.5. The van der Waals surface area contributed by atoms with E-state index in [0.717, 1.165) is 24.5 Å². The standard InChI is InChI=1S/C26H30N4O4S/c1-19-16-30(17-20(2)34-19)25-14-9-22(15-27-25)26(31)28-23-10-12-24(13-11-23)35(32,33)29(3)18-21-7-5-4-6-8-21/h4-15,19-20H,16-18H2,1-3H3,(H,28,31). The van der Waals surface area contributed by atoms with Gasteiger partial charge in [0.2, 0.25) is 10.0 Å². The van der Waals surface area contributed by atoms with Crippen molar-refractivity contribution in [1.82, 2.24) is 9.29 Å². The summed E-state index contributed by atoms with van der Waals surface area (Å²) in [5.41, 5.74) is 1.82. The molecule has 2 atom stereocenters. The van der Waals surface area contributed by atoms with Crippen LogP contribution in [0.2, 0.25) is 0 Å². The smallest absolute Gasteiger partial charge is 0.257 e. The number of sulfonamides is 1. The summed E-state index contributed by atoms with van der Waals surface area (Å²) in [5.74, 6) is 0.488. The van der Waals surface area contributed by atoms with E-state index in [9.17, 15) is 13.2 Å². The number of hydrogen-bond acceptors (Lipinski definition) is 6. The Morgan fingerprint density at radius 2 is 1.69 bits per heavy atom. The van der Waals surface area contributed by atoms with Gasteiger partial charge in [-0.1, -0.05) is 30.3 Å². The third-order valence-corrected chi connectivity index (χ3v) is 7.64. The van der Waals surface area contributed by atoms with Gasteiger partial charge in [0.15, 0.2) is 0 Å². The number of aromatic nitrogens is 1. The number of rotatable bonds is 7. The number of benzene rings is 2. The van der Waals surface area contributed by atoms with Crippen molar-refractivity contribution < 1.29 is 17.9 Å². The molecule has 4 rings (SSSR count). The summed E-state index contributed by atoms with van der Waals surface area (Å²) in [6.07, 6.45) is 1.79. The molecule has 1 aliphatic heterocycles. The fourth-order valence-corrected chi connectivity index (χ4v) is 5.25. The summed E-state index contributed by atoms with van der Waals surface area (Å²) >= 11 is 0. The fraction of sp³-hybridized carbons (Fsp3) is 0.308. The lowest BCUT2D eigenvalue weighted by atomic mass is 10.2. The van der Waals surface area contributed by atoms with Crippen molar-refractivity contribution in [3.8, 4) is 0 Å². The molecule has 0 saturated carbocycles. The minimum absolute atomic E-state index is 0.119. The van der Waals surface area contributed by atoms with Crippen LogP contribution in [0.15, 0.2) is 77.8 Å². The van der Waals surface area contributed by atoms with Crippen molar-refractivity contribution in [3.63, 3.8) is 0 Å². The van der Waals surface area contributed by atoms with Crippen molar-refractivity contribution >= 4 is 27.4 Å². The Morgan fingerprint density at radius 1 is 1.03 bits per heavy atom. The molecule has 184 valence electrons. The minimum Gasteiger partial charge on any atom is -0.372 e. The van der Waals surface area contributed by atoms with Crippen molar-refractivity contribution in [3.05, 3.63) is 84.1 Å². The van der Waals surface area contributed by atoms with Crippen LogP contribution in [0.3, 0.4) is 0 Å². The van der Waals surface area contributed by atoms with Gasteiger partial charge in [-0.3, -0.25) is 4.79 Å². The molecule has 1 aliphatic rings. The molecule has 1 N–H and O–H groups in total. The molecule has 2 heterocycles. The molecule has 0 aliphatic carbocycles. The zero-order chi connectivity index (χ0) is 25.0. The minimum atomic E-state index is -3.66. The third kappa shape index (κ3) is 6.05. The fourth-order valence-electron chi connectivity index (χ4n) is 4.09. The molecule has 0 radical (unpaired) electrons. The number of nitrogens with one attached hydrogen (secondary N) is 1. The van der Waals surface area contributed by atoms with Gasteiger partial charge in [0, 0.05) is 38.6 Å². The second kappa shape index (κ2) is 10.6. The van der Waals surface area contributed by atoms with Crippen LogP contribution < -0.4 is 10.2 Å². The molecule has 1 saturated heterocycles. The van der Waals surface area contributed by atoms with Crippen LogP contribution in [0.4, 0.5) is 11.5 Å². The van der Waals surface area contributed by atoms with E-state index < -0.39 is 10.0 Å². The van der Waals surface area contributed by atoms with Gasteiger partial charge in [0.1, 0.15) is 5.82 Å². The molecule has 35 heavy (non-hydrogen) atoms. The van der Waals surface area contributed by atoms with Gasteiger partial charge >= 0.3 is 0 Å². The first-order valence-corrected chi connectivity index (χ1v) is 12.9. The zero-order valence-corrected chi connectivity index (χ0v) is 20.9. The van der Waals surface area contributed by atoms with Crippen molar-refractivity contribution in [2.75, 3.05) is 30.4 Å². The van der Waals surface area contributed by atoms with Crippen LogP contribution in [-0.4, -0.2) is 56.0 Å². The van der Waals surface area contributed by atoms with Crippen molar-refractivity contribution in [2.24, 2.45) is 0 Å². The number of hydrogen-bond donors (Lipinski definition) is 1. The number of carbonyl (C=O) groups is 1. The van der Waals surface area contributed by atoms with Gasteiger partial charge < -0.3 is 15.0 Å². The van der Waals surface area contributed by atoms with Crippen LogP contribution in [0.25, 0.3) is 0 Å². The maximum atomic E-state index is 12.9. The quantitative estimate of drug-likeness (QED) is 0.538. The van der Waals surface area contributed by atoms with Gasteiger partial charge in [-0.15, -0.1) is 0 Å². The summed E-state index contributed by atoms with van der Waals surface area (Å²) in [6.45, 7) is 5.83. The molecule has 1 amide bonds. The predicted octanol–water partition coefficient (Wildman–Crippen LogP) is 3.77. The van der Waals surface area contributed by atoms with Gasteiger partial charge in [-0.05, 0) is 55.8 Å². The average molecular weight is 495 g/mol. The number of amides is 1. The normalized spacial score (nSPS) is 18.5. The Balaban J connectivity index is 1.38. The largest absolute Gasteiger partial charge is 0.372 e. The summed E-state index contributed by atoms with van der Waals surface area (Å²) in [5, 5.41) is 2.80. The SMILES string of the molecule is CC1CN(c2ccc(C(=O)Nc3ccc(S(=O)(=O)N(C)Cc4ccccc4)cc3)cn2)CC(C)O1.